The summed E-state index contributed by atoms with van der Waals surface area (Å²) in [5.41, 5.74) is 0.545. The Bertz CT molecular complexity index is 438. The van der Waals surface area contributed by atoms with Crippen LogP contribution in [-0.4, -0.2) is 11.4 Å². The van der Waals surface area contributed by atoms with Gasteiger partial charge >= 0.3 is 0 Å². The molecule has 2 rings (SSSR count). The minimum Gasteiger partial charge on any atom is -0.306 e. The lowest BCUT2D eigenvalue weighted by atomic mass is 9.77. The molecule has 1 fully saturated rings. The third-order valence-corrected chi connectivity index (χ3v) is 4.84. The van der Waals surface area contributed by atoms with Crippen LogP contribution in [0.5, 0.6) is 0 Å². The fourth-order valence-corrected chi connectivity index (χ4v) is 3.49. The van der Waals surface area contributed by atoms with E-state index in [9.17, 15) is 4.39 Å². The summed E-state index contributed by atoms with van der Waals surface area (Å²) in [5, 5.41) is 3.65. The topological polar surface area (TPSA) is 12.0 Å². The molecule has 0 bridgehead atoms. The fourth-order valence-electron chi connectivity index (χ4n) is 2.96. The predicted molar refractivity (Wildman–Crippen MR) is 79.3 cm³/mol. The molecule has 19 heavy (non-hydrogen) atoms. The summed E-state index contributed by atoms with van der Waals surface area (Å²) in [6.45, 7) is 2.73. The van der Waals surface area contributed by atoms with Gasteiger partial charge in [0.1, 0.15) is 5.82 Å². The number of alkyl halides is 1. The second-order valence-corrected chi connectivity index (χ2v) is 6.36. The average molecular weight is 304 g/mol. The number of benzene rings is 1. The molecule has 2 unspecified atom stereocenters. The van der Waals surface area contributed by atoms with Crippen molar-refractivity contribution < 1.29 is 4.39 Å². The van der Waals surface area contributed by atoms with Gasteiger partial charge in [0.2, 0.25) is 0 Å². The van der Waals surface area contributed by atoms with Crippen LogP contribution >= 0.6 is 23.2 Å². The molecule has 0 amide bonds. The maximum Gasteiger partial charge on any atom is 0.146 e. The Hall–Kier alpha value is -0.310. The Morgan fingerprint density at radius 1 is 1.47 bits per heavy atom. The number of hydrogen-bond donors (Lipinski definition) is 1. The Kier molecular flexibility index (Phi) is 5.10. The van der Waals surface area contributed by atoms with Crippen molar-refractivity contribution in [2.75, 3.05) is 5.88 Å². The van der Waals surface area contributed by atoms with Crippen LogP contribution in [0, 0.1) is 11.7 Å². The van der Waals surface area contributed by atoms with Crippen molar-refractivity contribution in [3.05, 3.63) is 34.6 Å². The Morgan fingerprint density at radius 2 is 2.26 bits per heavy atom. The molecule has 1 aromatic rings. The zero-order valence-electron chi connectivity index (χ0n) is 11.2. The fraction of sp³-hybridized carbons (Fsp3) is 0.600. The average Bonchev–Trinajstić information content (AvgIpc) is 2.40. The summed E-state index contributed by atoms with van der Waals surface area (Å²) >= 11 is 12.0. The first-order valence-electron chi connectivity index (χ1n) is 6.80. The van der Waals surface area contributed by atoms with Crippen LogP contribution in [0.1, 0.15) is 38.2 Å². The van der Waals surface area contributed by atoms with E-state index in [1.807, 2.05) is 0 Å². The Morgan fingerprint density at radius 3 is 2.95 bits per heavy atom. The SMILES string of the molecule is CC1CCCC(CCl)(NCc2cccc(Cl)c2F)C1. The number of rotatable bonds is 4. The molecule has 1 aromatic carbocycles. The van der Waals surface area contributed by atoms with Gasteiger partial charge < -0.3 is 5.32 Å². The van der Waals surface area contributed by atoms with Crippen LogP contribution in [0.15, 0.2) is 18.2 Å². The lowest BCUT2D eigenvalue weighted by Crippen LogP contribution is -2.49. The first kappa shape index (κ1) is 15.1. The molecule has 1 aliphatic carbocycles. The number of hydrogen-bond acceptors (Lipinski definition) is 1. The summed E-state index contributed by atoms with van der Waals surface area (Å²) in [6, 6.07) is 5.11. The maximum atomic E-state index is 13.9. The molecular formula is C15H20Cl2FN. The molecule has 2 atom stereocenters. The lowest BCUT2D eigenvalue weighted by Gasteiger charge is -2.39. The molecule has 106 valence electrons. The second-order valence-electron chi connectivity index (χ2n) is 5.68. The molecule has 0 aliphatic heterocycles. The van der Waals surface area contributed by atoms with Crippen molar-refractivity contribution in [3.8, 4) is 0 Å². The Labute approximate surface area is 124 Å². The highest BCUT2D eigenvalue weighted by molar-refractivity contribution is 6.30. The summed E-state index contributed by atoms with van der Waals surface area (Å²) in [6.07, 6.45) is 4.55. The monoisotopic (exact) mass is 303 g/mol. The van der Waals surface area contributed by atoms with Crippen molar-refractivity contribution in [1.82, 2.24) is 5.32 Å². The molecule has 0 spiro atoms. The van der Waals surface area contributed by atoms with Crippen LogP contribution in [0.2, 0.25) is 5.02 Å². The van der Waals surface area contributed by atoms with Gasteiger partial charge in [0.05, 0.1) is 5.02 Å². The molecule has 1 N–H and O–H groups in total. The molecule has 0 heterocycles. The molecule has 4 heteroatoms. The van der Waals surface area contributed by atoms with Crippen LogP contribution < -0.4 is 5.32 Å². The smallest absolute Gasteiger partial charge is 0.146 e. The highest BCUT2D eigenvalue weighted by Gasteiger charge is 2.33. The lowest BCUT2D eigenvalue weighted by molar-refractivity contribution is 0.207. The van der Waals surface area contributed by atoms with E-state index in [0.29, 0.717) is 23.9 Å². The Balaban J connectivity index is 2.05. The van der Waals surface area contributed by atoms with Crippen molar-refractivity contribution in [2.45, 2.75) is 44.7 Å². The zero-order chi connectivity index (χ0) is 13.9. The van der Waals surface area contributed by atoms with Gasteiger partial charge in [-0.05, 0) is 24.8 Å². The zero-order valence-corrected chi connectivity index (χ0v) is 12.7. The van der Waals surface area contributed by atoms with Crippen LogP contribution in [0.25, 0.3) is 0 Å². The highest BCUT2D eigenvalue weighted by atomic mass is 35.5. The molecule has 0 saturated heterocycles. The number of halogens is 3. The van der Waals surface area contributed by atoms with Gasteiger partial charge in [-0.2, -0.15) is 0 Å². The van der Waals surface area contributed by atoms with Gasteiger partial charge in [0.15, 0.2) is 0 Å². The van der Waals surface area contributed by atoms with E-state index in [2.05, 4.69) is 12.2 Å². The minimum absolute atomic E-state index is 0.0615. The van der Waals surface area contributed by atoms with Gasteiger partial charge in [0, 0.05) is 23.5 Å². The predicted octanol–water partition coefficient (Wildman–Crippen LogP) is 4.76. The van der Waals surface area contributed by atoms with Crippen LogP contribution in [-0.2, 0) is 6.54 Å². The third-order valence-electron chi connectivity index (χ3n) is 4.03. The van der Waals surface area contributed by atoms with Gasteiger partial charge in [0.25, 0.3) is 0 Å². The molecule has 0 aromatic heterocycles. The van der Waals surface area contributed by atoms with Crippen LogP contribution in [0.3, 0.4) is 0 Å². The third kappa shape index (κ3) is 3.62. The summed E-state index contributed by atoms with van der Waals surface area (Å²) in [4.78, 5) is 0. The van der Waals surface area contributed by atoms with Crippen molar-refractivity contribution >= 4 is 23.2 Å². The molecule has 1 saturated carbocycles. The summed E-state index contributed by atoms with van der Waals surface area (Å²) < 4.78 is 13.9. The quantitative estimate of drug-likeness (QED) is 0.791. The van der Waals surface area contributed by atoms with Gasteiger partial charge in [-0.3, -0.25) is 0 Å². The summed E-state index contributed by atoms with van der Waals surface area (Å²) in [7, 11) is 0. The van der Waals surface area contributed by atoms with E-state index in [1.165, 1.54) is 12.8 Å². The van der Waals surface area contributed by atoms with Crippen LogP contribution in [0.4, 0.5) is 4.39 Å². The van der Waals surface area contributed by atoms with E-state index in [1.54, 1.807) is 18.2 Å². The molecule has 1 nitrogen and oxygen atoms in total. The highest BCUT2D eigenvalue weighted by Crippen LogP contribution is 2.33. The van der Waals surface area contributed by atoms with Gasteiger partial charge in [-0.1, -0.05) is 43.5 Å². The van der Waals surface area contributed by atoms with E-state index in [0.717, 1.165) is 12.8 Å². The van der Waals surface area contributed by atoms with Crippen molar-refractivity contribution in [2.24, 2.45) is 5.92 Å². The molecule has 1 aliphatic rings. The second kappa shape index (κ2) is 6.43. The largest absolute Gasteiger partial charge is 0.306 e. The van der Waals surface area contributed by atoms with E-state index in [4.69, 9.17) is 23.2 Å². The number of nitrogens with one attached hydrogen (secondary N) is 1. The first-order chi connectivity index (χ1) is 9.06. The van der Waals surface area contributed by atoms with Gasteiger partial charge in [-0.25, -0.2) is 4.39 Å². The van der Waals surface area contributed by atoms with E-state index >= 15 is 0 Å². The van der Waals surface area contributed by atoms with E-state index in [-0.39, 0.29) is 16.4 Å². The standard InChI is InChI=1S/C15H20Cl2FN/c1-11-4-3-7-15(8-11,10-16)19-9-12-5-2-6-13(17)14(12)18/h2,5-6,11,19H,3-4,7-10H2,1H3. The van der Waals surface area contributed by atoms with Gasteiger partial charge in [-0.15, -0.1) is 11.6 Å². The normalized spacial score (nSPS) is 27.5. The van der Waals surface area contributed by atoms with E-state index < -0.39 is 0 Å². The summed E-state index contributed by atoms with van der Waals surface area (Å²) in [5.74, 6) is 0.911. The molecule has 0 radical (unpaired) electrons. The van der Waals surface area contributed by atoms with Crippen molar-refractivity contribution in [3.63, 3.8) is 0 Å². The van der Waals surface area contributed by atoms with Crippen molar-refractivity contribution in [1.29, 1.82) is 0 Å². The first-order valence-corrected chi connectivity index (χ1v) is 7.71. The molecular weight excluding hydrogens is 284 g/mol. The minimum atomic E-state index is -0.328. The maximum absolute atomic E-state index is 13.9.